The number of nitrogens with one attached hydrogen (secondary N) is 1. The fourth-order valence-corrected chi connectivity index (χ4v) is 6.37. The second kappa shape index (κ2) is 14.4. The highest BCUT2D eigenvalue weighted by Crippen LogP contribution is 2.34. The quantitative estimate of drug-likeness (QED) is 0.307. The van der Waals surface area contributed by atoms with Gasteiger partial charge in [0.25, 0.3) is 0 Å². The average molecular weight is 608 g/mol. The summed E-state index contributed by atoms with van der Waals surface area (Å²) in [6.07, 6.45) is 5.22. The van der Waals surface area contributed by atoms with Crippen LogP contribution in [0.2, 0.25) is 0 Å². The van der Waals surface area contributed by atoms with Gasteiger partial charge in [-0.3, -0.25) is 13.9 Å². The van der Waals surface area contributed by atoms with Crippen molar-refractivity contribution < 1.29 is 27.5 Å². The van der Waals surface area contributed by atoms with E-state index in [0.717, 1.165) is 52.9 Å². The smallest absolute Gasteiger partial charge is 0.244 e. The first kappa shape index (κ1) is 31.9. The number of methoxy groups -OCH3 is 2. The van der Waals surface area contributed by atoms with Crippen LogP contribution < -0.4 is 19.1 Å². The summed E-state index contributed by atoms with van der Waals surface area (Å²) in [7, 11) is -1.01. The van der Waals surface area contributed by atoms with Crippen molar-refractivity contribution in [1.82, 2.24) is 10.2 Å². The maximum absolute atomic E-state index is 14.3. The zero-order valence-corrected chi connectivity index (χ0v) is 26.1. The van der Waals surface area contributed by atoms with Crippen molar-refractivity contribution >= 4 is 27.5 Å². The van der Waals surface area contributed by atoms with Crippen molar-refractivity contribution in [3.05, 3.63) is 89.5 Å². The van der Waals surface area contributed by atoms with Gasteiger partial charge in [0.05, 0.1) is 26.2 Å². The molecule has 43 heavy (non-hydrogen) atoms. The maximum atomic E-state index is 14.3. The van der Waals surface area contributed by atoms with E-state index in [2.05, 4.69) is 5.32 Å². The molecule has 3 aromatic carbocycles. The molecule has 4 rings (SSSR count). The van der Waals surface area contributed by atoms with Gasteiger partial charge in [0.15, 0.2) is 0 Å². The van der Waals surface area contributed by atoms with Gasteiger partial charge in [-0.05, 0) is 43.0 Å². The van der Waals surface area contributed by atoms with E-state index in [0.29, 0.717) is 5.75 Å². The highest BCUT2D eigenvalue weighted by molar-refractivity contribution is 7.92. The molecule has 0 heterocycles. The Kier molecular flexibility index (Phi) is 10.7. The lowest BCUT2D eigenvalue weighted by molar-refractivity contribution is -0.140. The van der Waals surface area contributed by atoms with Crippen LogP contribution in [0.5, 0.6) is 11.5 Å². The normalized spacial score (nSPS) is 14.1. The van der Waals surface area contributed by atoms with Crippen LogP contribution in [0.25, 0.3) is 0 Å². The van der Waals surface area contributed by atoms with Crippen LogP contribution in [-0.2, 0) is 32.6 Å². The first-order valence-corrected chi connectivity index (χ1v) is 16.3. The number of nitrogens with zero attached hydrogens (tertiary/aromatic N) is 2. The number of sulfonamides is 1. The fraction of sp³-hybridized carbons (Fsp3) is 0.394. The second-order valence-electron chi connectivity index (χ2n) is 11.0. The van der Waals surface area contributed by atoms with Crippen molar-refractivity contribution in [3.63, 3.8) is 0 Å². The largest absolute Gasteiger partial charge is 0.497 e. The number of hydrogen-bond acceptors (Lipinski definition) is 6. The molecule has 0 unspecified atom stereocenters. The number of carbonyl (C=O) groups excluding carboxylic acids is 2. The van der Waals surface area contributed by atoms with Crippen LogP contribution in [-0.4, -0.2) is 64.2 Å². The van der Waals surface area contributed by atoms with Gasteiger partial charge in [0.1, 0.15) is 24.1 Å². The summed E-state index contributed by atoms with van der Waals surface area (Å²) in [6.45, 7) is 1.58. The van der Waals surface area contributed by atoms with Crippen molar-refractivity contribution in [2.45, 2.75) is 57.7 Å². The molecular weight excluding hydrogens is 566 g/mol. The maximum Gasteiger partial charge on any atom is 0.244 e. The number of aryl methyl sites for hydroxylation is 1. The molecule has 1 saturated carbocycles. The van der Waals surface area contributed by atoms with Crippen LogP contribution in [0.1, 0.15) is 42.4 Å². The second-order valence-corrected chi connectivity index (χ2v) is 12.9. The molecule has 2 amide bonds. The predicted octanol–water partition coefficient (Wildman–Crippen LogP) is 4.48. The highest BCUT2D eigenvalue weighted by Gasteiger charge is 2.35. The van der Waals surface area contributed by atoms with E-state index in [1.165, 1.54) is 19.1 Å². The molecule has 0 bridgehead atoms. The van der Waals surface area contributed by atoms with E-state index in [9.17, 15) is 18.0 Å². The summed E-state index contributed by atoms with van der Waals surface area (Å²) in [5.41, 5.74) is 2.95. The highest BCUT2D eigenvalue weighted by atomic mass is 32.2. The number of rotatable bonds is 13. The molecule has 0 radical (unpaired) electrons. The molecule has 0 spiro atoms. The van der Waals surface area contributed by atoms with Gasteiger partial charge in [-0.15, -0.1) is 0 Å². The van der Waals surface area contributed by atoms with E-state index >= 15 is 0 Å². The van der Waals surface area contributed by atoms with Gasteiger partial charge >= 0.3 is 0 Å². The Morgan fingerprint density at radius 1 is 0.930 bits per heavy atom. The molecule has 0 aromatic heterocycles. The zero-order chi connectivity index (χ0) is 31.0. The van der Waals surface area contributed by atoms with Crippen LogP contribution in [0.3, 0.4) is 0 Å². The van der Waals surface area contributed by atoms with E-state index in [-0.39, 0.29) is 36.4 Å². The number of hydrogen-bond donors (Lipinski definition) is 1. The number of anilines is 1. The van der Waals surface area contributed by atoms with Crippen molar-refractivity contribution in [2.75, 3.05) is 31.3 Å². The fourth-order valence-electron chi connectivity index (χ4n) is 5.51. The molecular formula is C33H41N3O6S. The number of amides is 2. The number of benzene rings is 3. The molecule has 0 aliphatic heterocycles. The Morgan fingerprint density at radius 3 is 2.26 bits per heavy atom. The lowest BCUT2D eigenvalue weighted by atomic mass is 10.0. The van der Waals surface area contributed by atoms with Gasteiger partial charge in [0, 0.05) is 25.1 Å². The third kappa shape index (κ3) is 8.50. The summed E-state index contributed by atoms with van der Waals surface area (Å²) in [5.74, 6) is -0.0347. The Labute approximate surface area is 254 Å². The summed E-state index contributed by atoms with van der Waals surface area (Å²) < 4.78 is 38.0. The van der Waals surface area contributed by atoms with Crippen LogP contribution >= 0.6 is 0 Å². The van der Waals surface area contributed by atoms with Crippen molar-refractivity contribution in [1.29, 1.82) is 0 Å². The molecule has 230 valence electrons. The van der Waals surface area contributed by atoms with Crippen LogP contribution in [0, 0.1) is 6.92 Å². The predicted molar refractivity (Wildman–Crippen MR) is 168 cm³/mol. The Bertz CT molecular complexity index is 1510. The molecule has 1 aliphatic rings. The lowest BCUT2D eigenvalue weighted by Gasteiger charge is -2.34. The van der Waals surface area contributed by atoms with E-state index in [1.54, 1.807) is 18.2 Å². The van der Waals surface area contributed by atoms with E-state index in [4.69, 9.17) is 9.47 Å². The first-order chi connectivity index (χ1) is 20.6. The van der Waals surface area contributed by atoms with Crippen molar-refractivity contribution in [2.24, 2.45) is 0 Å². The Balaban J connectivity index is 1.75. The first-order valence-electron chi connectivity index (χ1n) is 14.5. The van der Waals surface area contributed by atoms with Crippen molar-refractivity contribution in [3.8, 4) is 11.5 Å². The minimum Gasteiger partial charge on any atom is -0.497 e. The summed E-state index contributed by atoms with van der Waals surface area (Å²) in [6, 6.07) is 21.2. The standard InChI is InChI=1S/C33H41N3O6S/c1-24-11-10-14-26(19-24)22-35(30(20-25-12-6-5-7-13-25)33(38)34-27-15-8-9-16-27)32(37)23-36(43(4,39)40)29-18-17-28(41-2)21-31(29)42-3/h5-7,10-14,17-19,21,27,30H,8-9,15-16,20,22-23H2,1-4H3,(H,34,38)/t30-/m1/s1. The topological polar surface area (TPSA) is 105 Å². The average Bonchev–Trinajstić information content (AvgIpc) is 3.50. The summed E-state index contributed by atoms with van der Waals surface area (Å²) >= 11 is 0. The van der Waals surface area contributed by atoms with Gasteiger partial charge in [-0.25, -0.2) is 8.42 Å². The number of ether oxygens (including phenoxy) is 2. The molecule has 0 saturated heterocycles. The molecule has 1 fully saturated rings. The van der Waals surface area contributed by atoms with Gasteiger partial charge in [0.2, 0.25) is 21.8 Å². The molecule has 9 nitrogen and oxygen atoms in total. The Hall–Kier alpha value is -4.05. The zero-order valence-electron chi connectivity index (χ0n) is 25.3. The molecule has 1 N–H and O–H groups in total. The molecule has 1 aliphatic carbocycles. The van der Waals surface area contributed by atoms with Crippen LogP contribution in [0.4, 0.5) is 5.69 Å². The monoisotopic (exact) mass is 607 g/mol. The number of carbonyl (C=O) groups is 2. The third-order valence-electron chi connectivity index (χ3n) is 7.74. The minimum absolute atomic E-state index is 0.0535. The third-order valence-corrected chi connectivity index (χ3v) is 8.87. The van der Waals surface area contributed by atoms with Gasteiger partial charge in [-0.2, -0.15) is 0 Å². The van der Waals surface area contributed by atoms with E-state index < -0.39 is 28.5 Å². The lowest BCUT2D eigenvalue weighted by Crippen LogP contribution is -2.54. The minimum atomic E-state index is -3.94. The van der Waals surface area contributed by atoms with Crippen LogP contribution in [0.15, 0.2) is 72.8 Å². The SMILES string of the molecule is COc1ccc(N(CC(=O)N(Cc2cccc(C)c2)[C@H](Cc2ccccc2)C(=O)NC2CCCC2)S(C)(=O)=O)c(OC)c1. The summed E-state index contributed by atoms with van der Waals surface area (Å²) in [4.78, 5) is 29.8. The molecule has 10 heteroatoms. The summed E-state index contributed by atoms with van der Waals surface area (Å²) in [5, 5.41) is 3.18. The molecule has 3 aromatic rings. The van der Waals surface area contributed by atoms with E-state index in [1.807, 2.05) is 61.5 Å². The van der Waals surface area contributed by atoms with Gasteiger partial charge in [-0.1, -0.05) is 73.0 Å². The Morgan fingerprint density at radius 2 is 1.63 bits per heavy atom. The van der Waals surface area contributed by atoms with Gasteiger partial charge < -0.3 is 19.7 Å². The molecule has 1 atom stereocenters.